The van der Waals surface area contributed by atoms with Gasteiger partial charge in [-0.1, -0.05) is 73.4 Å². The molecule has 39 heavy (non-hydrogen) atoms. The fraction of sp³-hybridized carbons (Fsp3) is 0.375. The van der Waals surface area contributed by atoms with Gasteiger partial charge in [0, 0.05) is 44.4 Å². The molecule has 204 valence electrons. The van der Waals surface area contributed by atoms with E-state index >= 15 is 0 Å². The number of hydrogen-bond acceptors (Lipinski definition) is 6. The first kappa shape index (κ1) is 28.3. The molecule has 1 aromatic heterocycles. The van der Waals surface area contributed by atoms with Crippen molar-refractivity contribution in [2.75, 3.05) is 40.5 Å². The highest BCUT2D eigenvalue weighted by Gasteiger charge is 2.34. The third-order valence-electron chi connectivity index (χ3n) is 6.98. The van der Waals surface area contributed by atoms with Crippen molar-refractivity contribution in [2.45, 2.75) is 32.5 Å². The number of aliphatic hydroxyl groups excluding tert-OH is 1. The molecule has 0 aliphatic carbocycles. The number of methoxy groups -OCH3 is 1. The van der Waals surface area contributed by atoms with Crippen molar-refractivity contribution in [3.05, 3.63) is 83.6 Å². The van der Waals surface area contributed by atoms with Crippen LogP contribution >= 0.6 is 0 Å². The lowest BCUT2D eigenvalue weighted by Crippen LogP contribution is -2.49. The van der Waals surface area contributed by atoms with Crippen LogP contribution in [0.5, 0.6) is 5.88 Å². The largest absolute Gasteiger partial charge is 0.472 e. The number of likely N-dealkylation sites (N-methyl/N-ethyl adjacent to an activating group) is 1. The number of fused-ring (bicyclic) bond motifs is 1. The number of rotatable bonds is 8. The van der Waals surface area contributed by atoms with Crippen LogP contribution in [0.15, 0.2) is 66.9 Å². The molecule has 0 saturated carbocycles. The van der Waals surface area contributed by atoms with Crippen molar-refractivity contribution in [3.8, 4) is 28.8 Å². The van der Waals surface area contributed by atoms with Gasteiger partial charge in [-0.25, -0.2) is 4.98 Å². The molecular weight excluding hydrogens is 490 g/mol. The second-order valence-corrected chi connectivity index (χ2v) is 10.2. The van der Waals surface area contributed by atoms with Gasteiger partial charge in [0.05, 0.1) is 12.6 Å². The molecule has 1 N–H and O–H groups in total. The first-order valence-corrected chi connectivity index (χ1v) is 13.3. The monoisotopic (exact) mass is 527 g/mol. The number of nitrogens with zero attached hydrogens (tertiary/aromatic N) is 3. The van der Waals surface area contributed by atoms with Crippen molar-refractivity contribution >= 4 is 5.91 Å². The van der Waals surface area contributed by atoms with Crippen molar-refractivity contribution < 1.29 is 19.4 Å². The Bertz CT molecular complexity index is 1300. The van der Waals surface area contributed by atoms with Crippen molar-refractivity contribution in [1.29, 1.82) is 0 Å². The van der Waals surface area contributed by atoms with Gasteiger partial charge in [-0.3, -0.25) is 9.69 Å². The van der Waals surface area contributed by atoms with E-state index in [1.165, 1.54) is 16.7 Å². The second kappa shape index (κ2) is 13.4. The van der Waals surface area contributed by atoms with Crippen molar-refractivity contribution in [2.24, 2.45) is 5.92 Å². The van der Waals surface area contributed by atoms with Gasteiger partial charge in [0.25, 0.3) is 5.91 Å². The molecule has 0 unspecified atom stereocenters. The average Bonchev–Trinajstić information content (AvgIpc) is 2.95. The van der Waals surface area contributed by atoms with E-state index in [-0.39, 0.29) is 37.2 Å². The maximum atomic E-state index is 13.5. The summed E-state index contributed by atoms with van der Waals surface area (Å²) in [7, 11) is 3.65. The lowest BCUT2D eigenvalue weighted by atomic mass is 9.99. The number of aliphatic hydroxyl groups is 1. The third-order valence-corrected chi connectivity index (χ3v) is 6.98. The number of amides is 1. The Kier molecular flexibility index (Phi) is 9.72. The number of ether oxygens (including phenoxy) is 2. The molecule has 1 aliphatic heterocycles. The molecule has 1 amide bonds. The first-order chi connectivity index (χ1) is 18.9. The summed E-state index contributed by atoms with van der Waals surface area (Å²) in [6.45, 7) is 5.95. The summed E-state index contributed by atoms with van der Waals surface area (Å²) in [5, 5.41) is 9.88. The molecule has 0 fully saturated rings. The summed E-state index contributed by atoms with van der Waals surface area (Å²) in [4.78, 5) is 22.0. The van der Waals surface area contributed by atoms with E-state index in [4.69, 9.17) is 9.47 Å². The maximum absolute atomic E-state index is 13.5. The Morgan fingerprint density at radius 2 is 1.90 bits per heavy atom. The highest BCUT2D eigenvalue weighted by Crippen LogP contribution is 2.28. The molecule has 7 heteroatoms. The van der Waals surface area contributed by atoms with Crippen LogP contribution in [0.1, 0.15) is 35.3 Å². The van der Waals surface area contributed by atoms with E-state index in [9.17, 15) is 9.90 Å². The molecule has 0 radical (unpaired) electrons. The molecule has 3 aromatic rings. The normalized spacial score (nSPS) is 17.9. The van der Waals surface area contributed by atoms with E-state index in [0.717, 1.165) is 6.54 Å². The Balaban J connectivity index is 1.53. The van der Waals surface area contributed by atoms with E-state index in [0.29, 0.717) is 30.1 Å². The summed E-state index contributed by atoms with van der Waals surface area (Å²) in [6.07, 6.45) is 1.41. The number of aromatic nitrogens is 1. The van der Waals surface area contributed by atoms with Gasteiger partial charge >= 0.3 is 0 Å². The topological polar surface area (TPSA) is 75.1 Å². The maximum Gasteiger partial charge on any atom is 0.259 e. The van der Waals surface area contributed by atoms with Crippen LogP contribution in [0.3, 0.4) is 0 Å². The molecule has 2 aromatic carbocycles. The number of carbonyl (C=O) groups is 1. The van der Waals surface area contributed by atoms with E-state index < -0.39 is 0 Å². The van der Waals surface area contributed by atoms with Gasteiger partial charge in [-0.2, -0.15) is 0 Å². The van der Waals surface area contributed by atoms with Gasteiger partial charge in [0.15, 0.2) is 0 Å². The Hall–Kier alpha value is -3.70. The Morgan fingerprint density at radius 3 is 2.59 bits per heavy atom. The molecule has 0 bridgehead atoms. The minimum atomic E-state index is -0.337. The fourth-order valence-corrected chi connectivity index (χ4v) is 4.72. The molecule has 2 heterocycles. The zero-order valence-corrected chi connectivity index (χ0v) is 23.1. The van der Waals surface area contributed by atoms with Crippen LogP contribution in [-0.2, 0) is 11.3 Å². The quantitative estimate of drug-likeness (QED) is 0.445. The van der Waals surface area contributed by atoms with E-state index in [2.05, 4.69) is 72.1 Å². The first-order valence-electron chi connectivity index (χ1n) is 13.3. The molecule has 0 saturated heterocycles. The summed E-state index contributed by atoms with van der Waals surface area (Å²) in [6, 6.07) is 20.3. The van der Waals surface area contributed by atoms with Crippen LogP contribution in [0, 0.1) is 17.8 Å². The van der Waals surface area contributed by atoms with Gasteiger partial charge in [0.1, 0.15) is 18.3 Å². The number of hydrogen-bond donors (Lipinski definition) is 1. The highest BCUT2D eigenvalue weighted by atomic mass is 16.5. The van der Waals surface area contributed by atoms with E-state index in [1.807, 2.05) is 25.1 Å². The van der Waals surface area contributed by atoms with E-state index in [1.54, 1.807) is 24.3 Å². The Morgan fingerprint density at radius 1 is 1.18 bits per heavy atom. The van der Waals surface area contributed by atoms with Crippen molar-refractivity contribution in [1.82, 2.24) is 14.8 Å². The summed E-state index contributed by atoms with van der Waals surface area (Å²) in [5.41, 5.74) is 4.57. The van der Waals surface area contributed by atoms with Crippen LogP contribution in [0.4, 0.5) is 0 Å². The molecule has 3 atom stereocenters. The third kappa shape index (κ3) is 7.24. The number of carbonyl (C=O) groups excluding carboxylic acids is 1. The molecule has 4 rings (SSSR count). The SMILES string of the molecule is COCC#Cc1cnc2c(c1)C(=O)N([C@H](C)CO)C[C@H](C)[C@@H](CN(C)Cc1ccc(-c3ccccc3)cc1)O2. The van der Waals surface area contributed by atoms with Gasteiger partial charge in [-0.05, 0) is 36.7 Å². The summed E-state index contributed by atoms with van der Waals surface area (Å²) < 4.78 is 11.4. The Labute approximate surface area is 231 Å². The number of benzene rings is 2. The zero-order valence-electron chi connectivity index (χ0n) is 23.1. The smallest absolute Gasteiger partial charge is 0.259 e. The molecule has 0 spiro atoms. The predicted molar refractivity (Wildman–Crippen MR) is 152 cm³/mol. The molecular formula is C32H37N3O4. The average molecular weight is 528 g/mol. The van der Waals surface area contributed by atoms with Crippen molar-refractivity contribution in [3.63, 3.8) is 0 Å². The lowest BCUT2D eigenvalue weighted by Gasteiger charge is -2.37. The number of pyridine rings is 1. The van der Waals surface area contributed by atoms with Crippen LogP contribution in [-0.4, -0.2) is 78.4 Å². The highest BCUT2D eigenvalue weighted by molar-refractivity contribution is 5.97. The summed E-state index contributed by atoms with van der Waals surface area (Å²) >= 11 is 0. The molecule has 1 aliphatic rings. The van der Waals surface area contributed by atoms with Crippen LogP contribution < -0.4 is 4.74 Å². The standard InChI is InChI=1S/C32H37N3O4/c1-23-19-35(24(2)22-36)32(37)29-17-26(9-8-16-38-4)18-33-31(29)39-30(23)21-34(3)20-25-12-14-28(15-13-25)27-10-6-5-7-11-27/h5-7,10-15,17-18,23-24,30,36H,16,19-22H2,1-4H3/t23-,24+,30+/m0/s1. The molecule has 7 nitrogen and oxygen atoms in total. The summed E-state index contributed by atoms with van der Waals surface area (Å²) in [5.74, 6) is 5.98. The predicted octanol–water partition coefficient (Wildman–Crippen LogP) is 4.10. The van der Waals surface area contributed by atoms with Gasteiger partial charge in [0.2, 0.25) is 5.88 Å². The minimum Gasteiger partial charge on any atom is -0.472 e. The second-order valence-electron chi connectivity index (χ2n) is 10.2. The fourth-order valence-electron chi connectivity index (χ4n) is 4.72. The van der Waals surface area contributed by atoms with Gasteiger partial charge < -0.3 is 19.5 Å². The minimum absolute atomic E-state index is 0.0157. The zero-order chi connectivity index (χ0) is 27.8. The van der Waals surface area contributed by atoms with Gasteiger partial charge in [-0.15, -0.1) is 0 Å². The lowest BCUT2D eigenvalue weighted by molar-refractivity contribution is 0.0325. The van der Waals surface area contributed by atoms with Crippen LogP contribution in [0.2, 0.25) is 0 Å². The van der Waals surface area contributed by atoms with Crippen LogP contribution in [0.25, 0.3) is 11.1 Å².